The minimum Gasteiger partial charge on any atom is -0.454 e. The number of fused-ring (bicyclic) bond motifs is 1. The summed E-state index contributed by atoms with van der Waals surface area (Å²) in [4.78, 5) is -0.00393. The number of hydrogen-bond donors (Lipinski definition) is 1. The Morgan fingerprint density at radius 3 is 2.70 bits per heavy atom. The third-order valence-electron chi connectivity index (χ3n) is 4.89. The molecule has 5 rings (SSSR count). The molecule has 0 saturated heterocycles. The third kappa shape index (κ3) is 4.35. The summed E-state index contributed by atoms with van der Waals surface area (Å²) in [5.74, 6) is 2.04. The van der Waals surface area contributed by atoms with E-state index in [2.05, 4.69) is 14.9 Å². The maximum atomic E-state index is 12.7. The van der Waals surface area contributed by atoms with Crippen molar-refractivity contribution in [2.45, 2.75) is 11.3 Å². The summed E-state index contributed by atoms with van der Waals surface area (Å²) in [6, 6.07) is 19.9. The van der Waals surface area contributed by atoms with Crippen LogP contribution >= 0.6 is 0 Å². The van der Waals surface area contributed by atoms with Gasteiger partial charge in [-0.2, -0.15) is 5.26 Å². The standard InChI is InChI=1S/C23H16N4O5S/c24-13-16-3-1-6-19(9-16)33(28,29)27-18-5-2-4-17(12-18)23-26-25-22(32-23)11-15-7-8-20-21(10-15)31-14-30-20/h1-10,12,27H,11,14H2. The quantitative estimate of drug-likeness (QED) is 0.461. The average molecular weight is 460 g/mol. The topological polar surface area (TPSA) is 127 Å². The summed E-state index contributed by atoms with van der Waals surface area (Å²) >= 11 is 0. The van der Waals surface area contributed by atoms with Crippen molar-refractivity contribution < 1.29 is 22.3 Å². The minimum absolute atomic E-state index is 0.00393. The van der Waals surface area contributed by atoms with Crippen LogP contribution in [-0.4, -0.2) is 25.4 Å². The van der Waals surface area contributed by atoms with Crippen LogP contribution in [0.5, 0.6) is 11.5 Å². The normalized spacial score (nSPS) is 12.3. The number of benzene rings is 3. The first kappa shape index (κ1) is 20.5. The number of rotatable bonds is 6. The van der Waals surface area contributed by atoms with Crippen molar-refractivity contribution in [3.63, 3.8) is 0 Å². The molecule has 0 amide bonds. The van der Waals surface area contributed by atoms with E-state index in [-0.39, 0.29) is 23.1 Å². The maximum Gasteiger partial charge on any atom is 0.261 e. The summed E-state index contributed by atoms with van der Waals surface area (Å²) in [7, 11) is -3.88. The van der Waals surface area contributed by atoms with Crippen molar-refractivity contribution in [3.8, 4) is 29.0 Å². The lowest BCUT2D eigenvalue weighted by Gasteiger charge is -2.09. The molecule has 9 nitrogen and oxygen atoms in total. The van der Waals surface area contributed by atoms with Crippen LogP contribution < -0.4 is 14.2 Å². The van der Waals surface area contributed by atoms with Gasteiger partial charge in [-0.1, -0.05) is 18.2 Å². The molecule has 0 bridgehead atoms. The molecule has 4 aromatic rings. The van der Waals surface area contributed by atoms with Gasteiger partial charge in [0.25, 0.3) is 10.0 Å². The van der Waals surface area contributed by atoms with Gasteiger partial charge in [0.15, 0.2) is 11.5 Å². The van der Waals surface area contributed by atoms with Crippen molar-refractivity contribution in [3.05, 3.63) is 83.7 Å². The highest BCUT2D eigenvalue weighted by molar-refractivity contribution is 7.92. The number of hydrogen-bond acceptors (Lipinski definition) is 8. The van der Waals surface area contributed by atoms with Gasteiger partial charge in [-0.25, -0.2) is 8.42 Å². The Bertz CT molecular complexity index is 1490. The SMILES string of the molecule is N#Cc1cccc(S(=O)(=O)Nc2cccc(-c3nnc(Cc4ccc5c(c4)OCO5)o3)c2)c1. The molecule has 2 heterocycles. The Labute approximate surface area is 189 Å². The molecule has 3 aromatic carbocycles. The van der Waals surface area contributed by atoms with Crippen molar-refractivity contribution >= 4 is 15.7 Å². The first-order chi connectivity index (χ1) is 16.0. The summed E-state index contributed by atoms with van der Waals surface area (Å²) in [6.07, 6.45) is 0.408. The van der Waals surface area contributed by atoms with E-state index in [4.69, 9.17) is 19.2 Å². The van der Waals surface area contributed by atoms with Crippen molar-refractivity contribution in [2.75, 3.05) is 11.5 Å². The molecule has 0 unspecified atom stereocenters. The fraction of sp³-hybridized carbons (Fsp3) is 0.0870. The van der Waals surface area contributed by atoms with E-state index in [1.54, 1.807) is 24.3 Å². The van der Waals surface area contributed by atoms with Crippen molar-refractivity contribution in [1.29, 1.82) is 5.26 Å². The molecule has 0 fully saturated rings. The van der Waals surface area contributed by atoms with Crippen LogP contribution in [-0.2, 0) is 16.4 Å². The number of anilines is 1. The largest absolute Gasteiger partial charge is 0.454 e. The fourth-order valence-electron chi connectivity index (χ4n) is 3.33. The van der Waals surface area contributed by atoms with Crippen molar-refractivity contribution in [2.24, 2.45) is 0 Å². The monoisotopic (exact) mass is 460 g/mol. The van der Waals surface area contributed by atoms with Crippen LogP contribution in [0, 0.1) is 11.3 Å². The number of sulfonamides is 1. The van der Waals surface area contributed by atoms with E-state index in [9.17, 15) is 8.42 Å². The number of aromatic nitrogens is 2. The highest BCUT2D eigenvalue weighted by atomic mass is 32.2. The van der Waals surface area contributed by atoms with Gasteiger partial charge < -0.3 is 13.9 Å². The lowest BCUT2D eigenvalue weighted by molar-refractivity contribution is 0.174. The predicted octanol–water partition coefficient (Wildman–Crippen LogP) is 3.73. The van der Waals surface area contributed by atoms with Gasteiger partial charge in [-0.05, 0) is 54.1 Å². The van der Waals surface area contributed by atoms with E-state index in [1.807, 2.05) is 24.3 Å². The molecular weight excluding hydrogens is 444 g/mol. The van der Waals surface area contributed by atoms with E-state index >= 15 is 0 Å². The van der Waals surface area contributed by atoms with Crippen LogP contribution in [0.2, 0.25) is 0 Å². The van der Waals surface area contributed by atoms with E-state index in [0.29, 0.717) is 35.1 Å². The van der Waals surface area contributed by atoms with Gasteiger partial charge in [0.1, 0.15) is 0 Å². The Morgan fingerprint density at radius 2 is 1.82 bits per heavy atom. The van der Waals surface area contributed by atoms with Crippen LogP contribution in [0.25, 0.3) is 11.5 Å². The second-order valence-corrected chi connectivity index (χ2v) is 8.87. The number of nitrogens with one attached hydrogen (secondary N) is 1. The first-order valence-corrected chi connectivity index (χ1v) is 11.3. The molecule has 1 N–H and O–H groups in total. The van der Waals surface area contributed by atoms with Gasteiger partial charge in [-0.3, -0.25) is 4.72 Å². The fourth-order valence-corrected chi connectivity index (χ4v) is 4.42. The third-order valence-corrected chi connectivity index (χ3v) is 6.27. The number of nitrogens with zero attached hydrogens (tertiary/aromatic N) is 3. The van der Waals surface area contributed by atoms with Crippen molar-refractivity contribution in [1.82, 2.24) is 10.2 Å². The Morgan fingerprint density at radius 1 is 0.970 bits per heavy atom. The molecule has 0 saturated carbocycles. The van der Waals surface area contributed by atoms with Gasteiger partial charge in [0.05, 0.1) is 22.9 Å². The Kier molecular flexibility index (Phi) is 5.16. The smallest absolute Gasteiger partial charge is 0.261 e. The zero-order chi connectivity index (χ0) is 22.8. The predicted molar refractivity (Wildman–Crippen MR) is 117 cm³/mol. The zero-order valence-electron chi connectivity index (χ0n) is 17.1. The van der Waals surface area contributed by atoms with Gasteiger partial charge in [0.2, 0.25) is 18.6 Å². The second kappa shape index (κ2) is 8.29. The van der Waals surface area contributed by atoms with Crippen LogP contribution in [0.4, 0.5) is 5.69 Å². The lowest BCUT2D eigenvalue weighted by atomic mass is 10.1. The summed E-state index contributed by atoms with van der Waals surface area (Å²) in [6.45, 7) is 0.202. The molecule has 1 aliphatic heterocycles. The number of nitriles is 1. The average Bonchev–Trinajstić information content (AvgIpc) is 3.48. The van der Waals surface area contributed by atoms with Gasteiger partial charge in [-0.15, -0.1) is 10.2 Å². The van der Waals surface area contributed by atoms with Crippen LogP contribution in [0.3, 0.4) is 0 Å². The summed E-state index contributed by atoms with van der Waals surface area (Å²) in [5.41, 5.74) is 2.07. The highest BCUT2D eigenvalue weighted by Gasteiger charge is 2.17. The molecular formula is C23H16N4O5S. The number of ether oxygens (including phenoxy) is 2. The molecule has 0 spiro atoms. The molecule has 33 heavy (non-hydrogen) atoms. The molecule has 10 heteroatoms. The molecule has 1 aliphatic rings. The Balaban J connectivity index is 1.34. The van der Waals surface area contributed by atoms with Gasteiger partial charge >= 0.3 is 0 Å². The lowest BCUT2D eigenvalue weighted by Crippen LogP contribution is -2.13. The van der Waals surface area contributed by atoms with E-state index in [1.165, 1.54) is 24.3 Å². The molecule has 1 aromatic heterocycles. The van der Waals surface area contributed by atoms with Crippen LogP contribution in [0.1, 0.15) is 17.0 Å². The molecule has 164 valence electrons. The Hall–Kier alpha value is -4.36. The summed E-state index contributed by atoms with van der Waals surface area (Å²) < 4.78 is 44.4. The molecule has 0 atom stereocenters. The van der Waals surface area contributed by atoms with Crippen LogP contribution in [0.15, 0.2) is 76.0 Å². The van der Waals surface area contributed by atoms with E-state index in [0.717, 1.165) is 5.56 Å². The summed E-state index contributed by atoms with van der Waals surface area (Å²) in [5, 5.41) is 17.2. The highest BCUT2D eigenvalue weighted by Crippen LogP contribution is 2.33. The molecule has 0 aliphatic carbocycles. The van der Waals surface area contributed by atoms with E-state index < -0.39 is 10.0 Å². The maximum absolute atomic E-state index is 12.7. The minimum atomic E-state index is -3.88. The molecule has 0 radical (unpaired) electrons. The first-order valence-electron chi connectivity index (χ1n) is 9.84. The zero-order valence-corrected chi connectivity index (χ0v) is 17.9. The second-order valence-electron chi connectivity index (χ2n) is 7.19. The van der Waals surface area contributed by atoms with Gasteiger partial charge in [0, 0.05) is 11.3 Å².